The van der Waals surface area contributed by atoms with Crippen LogP contribution < -0.4 is 4.90 Å². The minimum Gasteiger partial charge on any atom is -0.308 e. The SMILES string of the molecule is c1ccc(-c2cccc3cccc(-c4ccc(N(c5cccc6c7c(ccc56)S(c5ccccc5)(c5ccccc5)c5ccccc5-7)c5cccc6c5sc5ccccc56)cc4)c23)cc1. The van der Waals surface area contributed by atoms with Crippen molar-refractivity contribution in [3.05, 3.63) is 249 Å². The Hall–Kier alpha value is -7.69. The van der Waals surface area contributed by atoms with Gasteiger partial charge >= 0.3 is 0 Å². The molecule has 3 heteroatoms. The monoisotopic (exact) mass is 863 g/mol. The second-order valence-electron chi connectivity index (χ2n) is 16.8. The zero-order valence-electron chi connectivity index (χ0n) is 35.4. The number of thiophene rings is 1. The lowest BCUT2D eigenvalue weighted by Gasteiger charge is -2.39. The standard InChI is InChI=1S/C62H41NS2/c1-4-18-42(19-5-1)48-28-14-20-44-21-15-29-49(60(44)48)43-36-38-45(39-37-43)63(56-33-17-31-53-51-26-10-12-34-57(51)64-62(53)56)55-32-16-30-52-50(55)40-41-59-61(52)54-27-11-13-35-58(54)65(59,46-22-6-2-7-23-46)47-24-8-3-9-25-47/h1-41H. The molecule has 1 nitrogen and oxygen atoms in total. The molecule has 1 aliphatic rings. The van der Waals surface area contributed by atoms with Gasteiger partial charge in [0.2, 0.25) is 0 Å². The molecule has 0 N–H and O–H groups in total. The first kappa shape index (κ1) is 37.8. The van der Waals surface area contributed by atoms with Crippen LogP contribution in [0.15, 0.2) is 268 Å². The first-order valence-electron chi connectivity index (χ1n) is 22.2. The van der Waals surface area contributed by atoms with Crippen molar-refractivity contribution in [1.82, 2.24) is 0 Å². The summed E-state index contributed by atoms with van der Waals surface area (Å²) in [7, 11) is -1.79. The van der Waals surface area contributed by atoms with Crippen molar-refractivity contribution in [2.75, 3.05) is 4.90 Å². The highest BCUT2D eigenvalue weighted by atomic mass is 32.3. The van der Waals surface area contributed by atoms with Gasteiger partial charge in [-0.15, -0.1) is 21.4 Å². The molecule has 12 aromatic rings. The molecule has 1 aromatic heterocycles. The minimum atomic E-state index is -1.79. The van der Waals surface area contributed by atoms with Gasteiger partial charge in [0.15, 0.2) is 0 Å². The number of rotatable bonds is 7. The highest BCUT2D eigenvalue weighted by Gasteiger charge is 2.42. The molecule has 0 saturated carbocycles. The van der Waals surface area contributed by atoms with Crippen molar-refractivity contribution < 1.29 is 0 Å². The average Bonchev–Trinajstić information content (AvgIpc) is 3.92. The van der Waals surface area contributed by atoms with Gasteiger partial charge in [0, 0.05) is 51.7 Å². The maximum atomic E-state index is 2.52. The fourth-order valence-corrected chi connectivity index (χ4v) is 16.0. The molecule has 0 unspecified atom stereocenters. The van der Waals surface area contributed by atoms with Gasteiger partial charge in [0.05, 0.1) is 16.1 Å². The van der Waals surface area contributed by atoms with Crippen molar-refractivity contribution in [3.63, 3.8) is 0 Å². The molecule has 0 spiro atoms. The van der Waals surface area contributed by atoms with Crippen LogP contribution in [0.4, 0.5) is 17.1 Å². The Labute approximate surface area is 384 Å². The molecule has 0 fully saturated rings. The highest BCUT2D eigenvalue weighted by Crippen LogP contribution is 2.80. The van der Waals surface area contributed by atoms with E-state index in [0.717, 1.165) is 11.4 Å². The fourth-order valence-electron chi connectivity index (χ4n) is 10.5. The van der Waals surface area contributed by atoms with Crippen LogP contribution in [0.1, 0.15) is 0 Å². The summed E-state index contributed by atoms with van der Waals surface area (Å²) in [5.41, 5.74) is 11.0. The van der Waals surface area contributed by atoms with Gasteiger partial charge in [-0.05, 0) is 111 Å². The molecule has 1 aliphatic heterocycles. The Kier molecular flexibility index (Phi) is 8.87. The van der Waals surface area contributed by atoms with E-state index in [1.807, 2.05) is 11.3 Å². The van der Waals surface area contributed by atoms with Crippen molar-refractivity contribution in [2.24, 2.45) is 0 Å². The highest BCUT2D eigenvalue weighted by molar-refractivity contribution is 8.34. The first-order valence-corrected chi connectivity index (χ1v) is 24.7. The van der Waals surface area contributed by atoms with Crippen LogP contribution in [0.2, 0.25) is 0 Å². The van der Waals surface area contributed by atoms with Crippen LogP contribution in [0, 0.1) is 0 Å². The van der Waals surface area contributed by atoms with Gasteiger partial charge in [0.25, 0.3) is 0 Å². The first-order chi connectivity index (χ1) is 32.3. The van der Waals surface area contributed by atoms with Gasteiger partial charge in [-0.3, -0.25) is 0 Å². The summed E-state index contributed by atoms with van der Waals surface area (Å²) in [6.45, 7) is 0. The predicted octanol–water partition coefficient (Wildman–Crippen LogP) is 18.5. The maximum Gasteiger partial charge on any atom is 0.0640 e. The Bertz CT molecular complexity index is 3720. The number of nitrogens with zero attached hydrogens (tertiary/aromatic N) is 1. The summed E-state index contributed by atoms with van der Waals surface area (Å²) in [5.74, 6) is 0. The van der Waals surface area contributed by atoms with Crippen LogP contribution in [0.3, 0.4) is 0 Å². The van der Waals surface area contributed by atoms with E-state index in [1.165, 1.54) is 100 Å². The van der Waals surface area contributed by atoms with E-state index >= 15 is 0 Å². The number of fused-ring (bicyclic) bond motifs is 9. The Morgan fingerprint density at radius 2 is 0.892 bits per heavy atom. The van der Waals surface area contributed by atoms with E-state index in [0.29, 0.717) is 0 Å². The van der Waals surface area contributed by atoms with E-state index in [2.05, 4.69) is 254 Å². The molecule has 0 atom stereocenters. The van der Waals surface area contributed by atoms with E-state index in [4.69, 9.17) is 0 Å². The lowest BCUT2D eigenvalue weighted by molar-refractivity contribution is 1.29. The van der Waals surface area contributed by atoms with E-state index < -0.39 is 10.0 Å². The molecular formula is C62H41NS2. The quantitative estimate of drug-likeness (QED) is 0.154. The normalized spacial score (nSPS) is 13.2. The molecule has 65 heavy (non-hydrogen) atoms. The Morgan fingerprint density at radius 1 is 0.338 bits per heavy atom. The van der Waals surface area contributed by atoms with Crippen molar-refractivity contribution in [3.8, 4) is 33.4 Å². The van der Waals surface area contributed by atoms with Gasteiger partial charge in [-0.1, -0.05) is 182 Å². The molecule has 0 bridgehead atoms. The van der Waals surface area contributed by atoms with Crippen molar-refractivity contribution in [1.29, 1.82) is 0 Å². The zero-order valence-corrected chi connectivity index (χ0v) is 37.1. The third kappa shape index (κ3) is 5.79. The van der Waals surface area contributed by atoms with Crippen molar-refractivity contribution in [2.45, 2.75) is 19.6 Å². The van der Waals surface area contributed by atoms with E-state index in [1.54, 1.807) is 0 Å². The molecule has 0 aliphatic carbocycles. The molecule has 0 saturated heterocycles. The third-order valence-corrected chi connectivity index (χ3v) is 18.5. The predicted molar refractivity (Wildman–Crippen MR) is 279 cm³/mol. The Morgan fingerprint density at radius 3 is 1.62 bits per heavy atom. The number of hydrogen-bond donors (Lipinski definition) is 0. The van der Waals surface area contributed by atoms with E-state index in [9.17, 15) is 0 Å². The number of benzene rings is 11. The molecule has 0 radical (unpaired) electrons. The summed E-state index contributed by atoms with van der Waals surface area (Å²) < 4.78 is 2.57. The second kappa shape index (κ2) is 15.2. The largest absolute Gasteiger partial charge is 0.308 e. The second-order valence-corrected chi connectivity index (χ2v) is 20.9. The smallest absolute Gasteiger partial charge is 0.0640 e. The molecule has 13 rings (SSSR count). The van der Waals surface area contributed by atoms with Crippen LogP contribution in [-0.4, -0.2) is 0 Å². The van der Waals surface area contributed by atoms with Gasteiger partial charge in [0.1, 0.15) is 0 Å². The topological polar surface area (TPSA) is 3.24 Å². The number of anilines is 3. The van der Waals surface area contributed by atoms with Crippen molar-refractivity contribution >= 4 is 80.1 Å². The summed E-state index contributed by atoms with van der Waals surface area (Å²) >= 11 is 1.88. The van der Waals surface area contributed by atoms with Crippen LogP contribution in [0.5, 0.6) is 0 Å². The lowest BCUT2D eigenvalue weighted by Crippen LogP contribution is -2.11. The minimum absolute atomic E-state index is 1.11. The summed E-state index contributed by atoms with van der Waals surface area (Å²) in [5, 5.41) is 7.57. The van der Waals surface area contributed by atoms with Crippen LogP contribution >= 0.6 is 21.4 Å². The summed E-state index contributed by atoms with van der Waals surface area (Å²) in [4.78, 5) is 8.02. The molecule has 0 amide bonds. The summed E-state index contributed by atoms with van der Waals surface area (Å²) in [6, 6.07) is 92.5. The van der Waals surface area contributed by atoms with Gasteiger partial charge in [-0.2, -0.15) is 0 Å². The number of hydrogen-bond acceptors (Lipinski definition) is 2. The molecule has 2 heterocycles. The molecule has 11 aromatic carbocycles. The molecule has 306 valence electrons. The lowest BCUT2D eigenvalue weighted by atomic mass is 9.91. The summed E-state index contributed by atoms with van der Waals surface area (Å²) in [6.07, 6.45) is 0. The van der Waals surface area contributed by atoms with Gasteiger partial charge in [-0.25, -0.2) is 0 Å². The van der Waals surface area contributed by atoms with Crippen LogP contribution in [-0.2, 0) is 0 Å². The van der Waals surface area contributed by atoms with E-state index in [-0.39, 0.29) is 0 Å². The Balaban J connectivity index is 1.05. The van der Waals surface area contributed by atoms with Crippen LogP contribution in [0.25, 0.3) is 75.1 Å². The molecular weight excluding hydrogens is 823 g/mol. The van der Waals surface area contributed by atoms with Gasteiger partial charge < -0.3 is 4.90 Å². The fraction of sp³-hybridized carbons (Fsp3) is 0. The zero-order chi connectivity index (χ0) is 42.9. The average molecular weight is 864 g/mol. The third-order valence-electron chi connectivity index (χ3n) is 13.3. The maximum absolute atomic E-state index is 2.52.